The van der Waals surface area contributed by atoms with E-state index in [1.807, 2.05) is 0 Å². The van der Waals surface area contributed by atoms with Crippen LogP contribution in [0.3, 0.4) is 0 Å². The van der Waals surface area contributed by atoms with Crippen LogP contribution in [0, 0.1) is 56.7 Å². The van der Waals surface area contributed by atoms with E-state index in [0.717, 1.165) is 5.57 Å². The Bertz CT molecular complexity index is 1860. The van der Waals surface area contributed by atoms with Gasteiger partial charge in [-0.2, -0.15) is 0 Å². The molecule has 13 N–H and O–H groups in total. The van der Waals surface area contributed by atoms with Gasteiger partial charge >= 0.3 is 5.97 Å². The van der Waals surface area contributed by atoms with Crippen molar-refractivity contribution < 1.29 is 99.6 Å². The molecule has 390 valence electrons. The fourth-order valence-electron chi connectivity index (χ4n) is 15.4. The minimum absolute atomic E-state index is 0.0115. The molecule has 4 saturated carbocycles. The third-order valence-electron chi connectivity index (χ3n) is 19.6. The van der Waals surface area contributed by atoms with Gasteiger partial charge in [-0.05, 0) is 91.8 Å². The lowest BCUT2D eigenvalue weighted by Gasteiger charge is -2.72. The van der Waals surface area contributed by atoms with Crippen LogP contribution in [-0.2, 0) is 33.2 Å². The van der Waals surface area contributed by atoms with Crippen molar-refractivity contribution in [2.24, 2.45) is 56.7 Å². The highest BCUT2D eigenvalue weighted by Crippen LogP contribution is 2.76. The molecule has 28 atom stereocenters. The first kappa shape index (κ1) is 52.8. The number of allylic oxidation sites excluding steroid dienone is 2. The lowest BCUT2D eigenvalue weighted by atomic mass is 9.32. The summed E-state index contributed by atoms with van der Waals surface area (Å²) in [5.74, 6) is -1.31. The predicted octanol–water partition coefficient (Wildman–Crippen LogP) is -2.06. The standard InChI is InChI=1S/C48H78O20/c1-19-10-11-48(13-12-46(6)22(28(48)20(19)2)8-9-27-44(4)14-24(52)39(61)45(5,18-50)38(44)23(51)15-47(27,46)7)43(62)68-42-35(59)32(56)30(54)26(66-42)17-63-40-36(60)33(57)37(25(16-49)65-40)67-41-34(58)31(55)29(53)21(3)64-41/h8,19-21,23-42,49-61H,9-18H2,1-7H3/t19-,20+,21+,23-,24-,25-,26-,27-,28+,29+,30-,31-,32+,33-,34-,35-,36-,37-,38-,39+,40?,41+,42+,44-,45+,46+,47-,48+/m1/s1. The van der Waals surface area contributed by atoms with E-state index >= 15 is 4.79 Å². The molecule has 0 radical (unpaired) electrons. The van der Waals surface area contributed by atoms with Crippen LogP contribution in [0.15, 0.2) is 11.6 Å². The summed E-state index contributed by atoms with van der Waals surface area (Å²) in [5, 5.41) is 142. The van der Waals surface area contributed by atoms with Gasteiger partial charge in [0.1, 0.15) is 67.1 Å². The van der Waals surface area contributed by atoms with Gasteiger partial charge in [-0.1, -0.05) is 53.2 Å². The van der Waals surface area contributed by atoms with Crippen molar-refractivity contribution in [3.63, 3.8) is 0 Å². The van der Waals surface area contributed by atoms with Gasteiger partial charge in [-0.15, -0.1) is 0 Å². The van der Waals surface area contributed by atoms with Crippen LogP contribution in [0.4, 0.5) is 0 Å². The van der Waals surface area contributed by atoms with Crippen LogP contribution in [0.5, 0.6) is 0 Å². The molecule has 20 nitrogen and oxygen atoms in total. The Balaban J connectivity index is 0.994. The summed E-state index contributed by atoms with van der Waals surface area (Å²) < 4.78 is 34.6. The molecule has 0 aromatic carbocycles. The van der Waals surface area contributed by atoms with Crippen LogP contribution >= 0.6 is 0 Å². The fourth-order valence-corrected chi connectivity index (χ4v) is 15.4. The lowest BCUT2D eigenvalue weighted by Crippen LogP contribution is -2.71. The maximum atomic E-state index is 15.0. The molecule has 0 amide bonds. The molecule has 7 fully saturated rings. The molecule has 68 heavy (non-hydrogen) atoms. The van der Waals surface area contributed by atoms with E-state index in [-0.39, 0.29) is 30.1 Å². The Morgan fingerprint density at radius 2 is 1.34 bits per heavy atom. The van der Waals surface area contributed by atoms with Gasteiger partial charge in [0.05, 0.1) is 49.7 Å². The topological polar surface area (TPSA) is 335 Å². The van der Waals surface area contributed by atoms with E-state index in [1.165, 1.54) is 6.92 Å². The van der Waals surface area contributed by atoms with E-state index < -0.39 is 169 Å². The number of aliphatic hydroxyl groups excluding tert-OH is 13. The molecule has 3 aliphatic heterocycles. The normalized spacial score (nSPS) is 57.1. The van der Waals surface area contributed by atoms with E-state index in [1.54, 1.807) is 6.92 Å². The zero-order valence-corrected chi connectivity index (χ0v) is 40.1. The van der Waals surface area contributed by atoms with Gasteiger partial charge in [-0.25, -0.2) is 0 Å². The quantitative estimate of drug-likeness (QED) is 0.0873. The summed E-state index contributed by atoms with van der Waals surface area (Å²) >= 11 is 0. The van der Waals surface area contributed by atoms with E-state index in [2.05, 4.69) is 40.7 Å². The van der Waals surface area contributed by atoms with E-state index in [4.69, 9.17) is 28.4 Å². The second-order valence-corrected chi connectivity index (χ2v) is 23.1. The first-order chi connectivity index (χ1) is 31.8. The lowest BCUT2D eigenvalue weighted by molar-refractivity contribution is -0.361. The van der Waals surface area contributed by atoms with Crippen molar-refractivity contribution in [1.82, 2.24) is 0 Å². The Labute approximate surface area is 396 Å². The first-order valence-electron chi connectivity index (χ1n) is 24.6. The average molecular weight is 975 g/mol. The maximum absolute atomic E-state index is 15.0. The highest BCUT2D eigenvalue weighted by Gasteiger charge is 2.73. The Morgan fingerprint density at radius 3 is 2.00 bits per heavy atom. The molecular weight excluding hydrogens is 897 g/mol. The second kappa shape index (κ2) is 18.8. The number of ether oxygens (including phenoxy) is 6. The summed E-state index contributed by atoms with van der Waals surface area (Å²) in [6, 6.07) is 0. The molecule has 5 aliphatic carbocycles. The monoisotopic (exact) mass is 975 g/mol. The van der Waals surface area contributed by atoms with Crippen LogP contribution in [-0.4, -0.2) is 203 Å². The molecule has 0 aromatic heterocycles. The van der Waals surface area contributed by atoms with Gasteiger partial charge < -0.3 is 94.8 Å². The minimum atomic E-state index is -1.89. The number of hydrogen-bond donors (Lipinski definition) is 13. The van der Waals surface area contributed by atoms with Crippen molar-refractivity contribution in [2.45, 2.75) is 204 Å². The Morgan fingerprint density at radius 1 is 0.706 bits per heavy atom. The van der Waals surface area contributed by atoms with Crippen molar-refractivity contribution in [3.05, 3.63) is 11.6 Å². The number of carbonyl (C=O) groups is 1. The highest BCUT2D eigenvalue weighted by molar-refractivity contribution is 5.79. The van der Waals surface area contributed by atoms with Gasteiger partial charge in [0.25, 0.3) is 0 Å². The van der Waals surface area contributed by atoms with Crippen molar-refractivity contribution in [2.75, 3.05) is 19.8 Å². The van der Waals surface area contributed by atoms with Crippen molar-refractivity contribution >= 4 is 5.97 Å². The third-order valence-corrected chi connectivity index (χ3v) is 19.6. The Hall–Kier alpha value is -1.51. The summed E-state index contributed by atoms with van der Waals surface area (Å²) in [6.45, 7) is 12.1. The number of esters is 1. The average Bonchev–Trinajstić information content (AvgIpc) is 3.29. The molecule has 8 aliphatic rings. The number of fused-ring (bicyclic) bond motifs is 7. The van der Waals surface area contributed by atoms with E-state index in [9.17, 15) is 66.4 Å². The summed E-state index contributed by atoms with van der Waals surface area (Å²) in [4.78, 5) is 15.0. The third kappa shape index (κ3) is 7.89. The molecule has 8 rings (SSSR count). The maximum Gasteiger partial charge on any atom is 0.315 e. The number of carbonyl (C=O) groups excluding carboxylic acids is 1. The van der Waals surface area contributed by atoms with Crippen LogP contribution in [0.2, 0.25) is 0 Å². The van der Waals surface area contributed by atoms with Gasteiger partial charge in [0, 0.05) is 11.3 Å². The number of rotatable bonds is 9. The Kier molecular flexibility index (Phi) is 14.6. The predicted molar refractivity (Wildman–Crippen MR) is 233 cm³/mol. The summed E-state index contributed by atoms with van der Waals surface area (Å²) in [5.41, 5.74) is -2.84. The van der Waals surface area contributed by atoms with Crippen molar-refractivity contribution in [1.29, 1.82) is 0 Å². The zero-order valence-electron chi connectivity index (χ0n) is 40.1. The van der Waals surface area contributed by atoms with Crippen LogP contribution < -0.4 is 0 Å². The molecule has 1 unspecified atom stereocenters. The fraction of sp³-hybridized carbons (Fsp3) is 0.938. The molecule has 3 heterocycles. The molecule has 3 saturated heterocycles. The molecule has 20 heteroatoms. The van der Waals surface area contributed by atoms with Crippen LogP contribution in [0.25, 0.3) is 0 Å². The SMILES string of the molecule is C[C@H]1[C@H](C)CC[C@]2(C(=O)O[C@@H]3O[C@H](COC4O[C@H](CO)[C@@H](O[C@@H]5O[C@@H](C)[C@H](O)[C@@H](O)[C@H]5O)[C@H](O)[C@H]4O)[C@@H](O)[C@H](O)[C@H]3O)CC[C@@]3(C)C(=CC[C@@H]4[C@@]5(C)C[C@@H](O)[C@H](O)[C@@](C)(CO)[C@@H]5[C@H](O)C[C@]43C)[C@H]12. The van der Waals surface area contributed by atoms with Gasteiger partial charge in [0.15, 0.2) is 12.6 Å². The molecule has 0 bridgehead atoms. The molecule has 0 aromatic rings. The first-order valence-corrected chi connectivity index (χ1v) is 24.6. The van der Waals surface area contributed by atoms with Gasteiger partial charge in [-0.3, -0.25) is 4.79 Å². The smallest absolute Gasteiger partial charge is 0.315 e. The van der Waals surface area contributed by atoms with Crippen LogP contribution in [0.1, 0.15) is 93.4 Å². The number of hydrogen-bond acceptors (Lipinski definition) is 20. The molecular formula is C48H78O20. The summed E-state index contributed by atoms with van der Waals surface area (Å²) in [6.07, 6.45) is -22.3. The summed E-state index contributed by atoms with van der Waals surface area (Å²) in [7, 11) is 0. The zero-order chi connectivity index (χ0) is 50.0. The van der Waals surface area contributed by atoms with Gasteiger partial charge in [0.2, 0.25) is 6.29 Å². The largest absolute Gasteiger partial charge is 0.432 e. The molecule has 0 spiro atoms. The van der Waals surface area contributed by atoms with E-state index in [0.29, 0.717) is 38.5 Å². The highest BCUT2D eigenvalue weighted by atomic mass is 16.8. The minimum Gasteiger partial charge on any atom is -0.432 e. The van der Waals surface area contributed by atoms with Crippen molar-refractivity contribution in [3.8, 4) is 0 Å². The second-order valence-electron chi connectivity index (χ2n) is 23.1. The number of aliphatic hydroxyl groups is 13.